The molecule has 0 aliphatic carbocycles. The number of hydrogen-bond acceptors (Lipinski definition) is 1. The highest BCUT2D eigenvalue weighted by molar-refractivity contribution is 5.82. The van der Waals surface area contributed by atoms with E-state index >= 15 is 0 Å². The molecular weight excluding hydrogens is 219 g/mol. The minimum absolute atomic E-state index is 0.0777. The van der Waals surface area contributed by atoms with Crippen LogP contribution in [0.4, 0.5) is 13.2 Å². The number of hydrogen-bond donors (Lipinski definition) is 2. The number of aryl methyl sites for hydroxylation is 1. The van der Waals surface area contributed by atoms with Crippen molar-refractivity contribution in [2.45, 2.75) is 12.8 Å². The summed E-state index contributed by atoms with van der Waals surface area (Å²) in [4.78, 5) is 2.67. The number of aromatic amines is 1. The Morgan fingerprint density at radius 2 is 1.88 bits per heavy atom. The summed E-state index contributed by atoms with van der Waals surface area (Å²) in [6.45, 7) is -0.0777. The van der Waals surface area contributed by atoms with Crippen molar-refractivity contribution in [1.82, 2.24) is 4.98 Å². The van der Waals surface area contributed by atoms with E-state index in [1.165, 1.54) is 6.07 Å². The topological polar surface area (TPSA) is 36.0 Å². The summed E-state index contributed by atoms with van der Waals surface area (Å²) in [6, 6.07) is 2.24. The second-order valence-electron chi connectivity index (χ2n) is 3.53. The van der Waals surface area contributed by atoms with Crippen molar-refractivity contribution in [3.05, 3.63) is 35.3 Å². The molecule has 1 heterocycles. The molecule has 0 saturated heterocycles. The van der Waals surface area contributed by atoms with Crippen LogP contribution in [-0.4, -0.2) is 16.7 Å². The van der Waals surface area contributed by atoms with Gasteiger partial charge in [-0.1, -0.05) is 0 Å². The zero-order valence-corrected chi connectivity index (χ0v) is 8.36. The molecule has 2 nitrogen and oxygen atoms in total. The Hall–Kier alpha value is -1.49. The number of H-pyrrole nitrogens is 1. The lowest BCUT2D eigenvalue weighted by Gasteiger charge is -1.95. The summed E-state index contributed by atoms with van der Waals surface area (Å²) < 4.78 is 39.9. The fourth-order valence-electron chi connectivity index (χ4n) is 1.67. The second-order valence-corrected chi connectivity index (χ2v) is 3.53. The number of halogens is 3. The predicted octanol–water partition coefficient (Wildman–Crippen LogP) is 2.51. The van der Waals surface area contributed by atoms with Crippen molar-refractivity contribution < 1.29 is 18.3 Å². The van der Waals surface area contributed by atoms with Gasteiger partial charge in [-0.2, -0.15) is 0 Å². The van der Waals surface area contributed by atoms with E-state index in [1.807, 2.05) is 0 Å². The Balaban J connectivity index is 2.55. The Morgan fingerprint density at radius 1 is 1.12 bits per heavy atom. The Bertz CT molecular complexity index is 521. The standard InChI is InChI=1S/C11H10F3NO/c12-6-3-4-7-9(10(6)13)11(14)8(15-7)2-1-5-16/h3-4,15-16H,1-2,5H2. The number of benzene rings is 1. The maximum atomic E-state index is 13.7. The first-order valence-electron chi connectivity index (χ1n) is 4.90. The molecule has 86 valence electrons. The first kappa shape index (κ1) is 11.0. The summed E-state index contributed by atoms with van der Waals surface area (Å²) in [7, 11) is 0. The van der Waals surface area contributed by atoms with Gasteiger partial charge in [-0.25, -0.2) is 13.2 Å². The molecule has 0 aliphatic heterocycles. The molecule has 2 N–H and O–H groups in total. The van der Waals surface area contributed by atoms with Crippen LogP contribution in [0.15, 0.2) is 12.1 Å². The number of rotatable bonds is 3. The summed E-state index contributed by atoms with van der Waals surface area (Å²) in [5.41, 5.74) is 0.415. The second kappa shape index (κ2) is 4.17. The molecule has 0 atom stereocenters. The molecular formula is C11H10F3NO. The first-order chi connectivity index (χ1) is 7.65. The van der Waals surface area contributed by atoms with Gasteiger partial charge >= 0.3 is 0 Å². The van der Waals surface area contributed by atoms with Gasteiger partial charge in [0.1, 0.15) is 0 Å². The predicted molar refractivity (Wildman–Crippen MR) is 53.6 cm³/mol. The maximum absolute atomic E-state index is 13.7. The summed E-state index contributed by atoms with van der Waals surface area (Å²) in [5, 5.41) is 8.27. The molecule has 0 fully saturated rings. The molecule has 0 aliphatic rings. The average molecular weight is 229 g/mol. The van der Waals surface area contributed by atoms with E-state index < -0.39 is 17.5 Å². The smallest absolute Gasteiger partial charge is 0.171 e. The van der Waals surface area contributed by atoms with Crippen LogP contribution in [0.25, 0.3) is 10.9 Å². The van der Waals surface area contributed by atoms with Gasteiger partial charge in [-0.05, 0) is 25.0 Å². The normalized spacial score (nSPS) is 11.2. The number of fused-ring (bicyclic) bond motifs is 1. The molecule has 0 unspecified atom stereocenters. The lowest BCUT2D eigenvalue weighted by atomic mass is 10.2. The Morgan fingerprint density at radius 3 is 2.56 bits per heavy atom. The number of aliphatic hydroxyl groups is 1. The highest BCUT2D eigenvalue weighted by Gasteiger charge is 2.17. The Labute approximate surface area is 89.7 Å². The van der Waals surface area contributed by atoms with Crippen LogP contribution in [0, 0.1) is 17.5 Å². The zero-order valence-electron chi connectivity index (χ0n) is 8.36. The quantitative estimate of drug-likeness (QED) is 0.833. The molecule has 1 aromatic heterocycles. The number of aromatic nitrogens is 1. The van der Waals surface area contributed by atoms with Gasteiger partial charge in [-0.3, -0.25) is 0 Å². The van der Waals surface area contributed by atoms with Crippen LogP contribution in [0.5, 0.6) is 0 Å². The van der Waals surface area contributed by atoms with Gasteiger partial charge in [-0.15, -0.1) is 0 Å². The molecule has 0 amide bonds. The molecule has 2 aromatic rings. The van der Waals surface area contributed by atoms with E-state index in [4.69, 9.17) is 5.11 Å². The molecule has 5 heteroatoms. The third-order valence-electron chi connectivity index (χ3n) is 2.45. The maximum Gasteiger partial charge on any atom is 0.171 e. The van der Waals surface area contributed by atoms with Crippen molar-refractivity contribution in [3.8, 4) is 0 Å². The molecule has 2 rings (SSSR count). The Kier molecular flexibility index (Phi) is 2.87. The highest BCUT2D eigenvalue weighted by Crippen LogP contribution is 2.26. The molecule has 16 heavy (non-hydrogen) atoms. The van der Waals surface area contributed by atoms with Crippen LogP contribution in [-0.2, 0) is 6.42 Å². The molecule has 1 aromatic carbocycles. The first-order valence-corrected chi connectivity index (χ1v) is 4.90. The van der Waals surface area contributed by atoms with E-state index in [0.29, 0.717) is 6.42 Å². The van der Waals surface area contributed by atoms with Crippen molar-refractivity contribution in [2.24, 2.45) is 0 Å². The molecule has 0 spiro atoms. The van der Waals surface area contributed by atoms with Crippen molar-refractivity contribution >= 4 is 10.9 Å². The van der Waals surface area contributed by atoms with Crippen LogP contribution in [0.3, 0.4) is 0 Å². The fraction of sp³-hybridized carbons (Fsp3) is 0.273. The van der Waals surface area contributed by atoms with Crippen LogP contribution >= 0.6 is 0 Å². The third kappa shape index (κ3) is 1.67. The van der Waals surface area contributed by atoms with Gasteiger partial charge in [0.05, 0.1) is 16.6 Å². The van der Waals surface area contributed by atoms with Gasteiger partial charge in [0, 0.05) is 6.61 Å². The lowest BCUT2D eigenvalue weighted by molar-refractivity contribution is 0.287. The number of nitrogens with one attached hydrogen (secondary N) is 1. The SMILES string of the molecule is OCCCc1[nH]c2ccc(F)c(F)c2c1F. The van der Waals surface area contributed by atoms with Crippen molar-refractivity contribution in [1.29, 1.82) is 0 Å². The monoisotopic (exact) mass is 229 g/mol. The van der Waals surface area contributed by atoms with Gasteiger partial charge < -0.3 is 10.1 Å². The summed E-state index contributed by atoms with van der Waals surface area (Å²) in [5.74, 6) is -3.03. The molecule has 0 radical (unpaired) electrons. The van der Waals surface area contributed by atoms with Crippen molar-refractivity contribution in [2.75, 3.05) is 6.61 Å². The zero-order chi connectivity index (χ0) is 11.7. The largest absolute Gasteiger partial charge is 0.396 e. The van der Waals surface area contributed by atoms with Gasteiger partial charge in [0.2, 0.25) is 0 Å². The van der Waals surface area contributed by atoms with E-state index in [2.05, 4.69) is 4.98 Å². The fourth-order valence-corrected chi connectivity index (χ4v) is 1.67. The number of aliphatic hydroxyl groups excluding tert-OH is 1. The van der Waals surface area contributed by atoms with Gasteiger partial charge in [0.25, 0.3) is 0 Å². The van der Waals surface area contributed by atoms with Crippen LogP contribution < -0.4 is 0 Å². The van der Waals surface area contributed by atoms with Gasteiger partial charge in [0.15, 0.2) is 17.5 Å². The minimum Gasteiger partial charge on any atom is -0.396 e. The van der Waals surface area contributed by atoms with E-state index in [-0.39, 0.29) is 29.6 Å². The van der Waals surface area contributed by atoms with E-state index in [0.717, 1.165) is 6.07 Å². The molecule has 0 saturated carbocycles. The lowest BCUT2D eigenvalue weighted by Crippen LogP contribution is -1.92. The van der Waals surface area contributed by atoms with Crippen molar-refractivity contribution in [3.63, 3.8) is 0 Å². The highest BCUT2D eigenvalue weighted by atomic mass is 19.2. The average Bonchev–Trinajstić information content (AvgIpc) is 2.59. The van der Waals surface area contributed by atoms with Crippen LogP contribution in [0.2, 0.25) is 0 Å². The summed E-state index contributed by atoms with van der Waals surface area (Å²) >= 11 is 0. The third-order valence-corrected chi connectivity index (χ3v) is 2.45. The van der Waals surface area contributed by atoms with E-state index in [1.54, 1.807) is 0 Å². The van der Waals surface area contributed by atoms with Crippen LogP contribution in [0.1, 0.15) is 12.1 Å². The van der Waals surface area contributed by atoms with E-state index in [9.17, 15) is 13.2 Å². The minimum atomic E-state index is -1.18. The molecule has 0 bridgehead atoms. The summed E-state index contributed by atoms with van der Waals surface area (Å²) in [6.07, 6.45) is 0.631.